The number of rotatable bonds is 0. The normalized spacial score (nSPS) is 16.8. The Labute approximate surface area is 155 Å². The van der Waals surface area contributed by atoms with Gasteiger partial charge in [0.05, 0.1) is 17.5 Å². The SMILES string of the molecule is CN1C(=O)C(C)(C)c2cnc(Cl)cc21.O=C1Cc2cnc(Cl)cc2N1. The van der Waals surface area contributed by atoms with Crippen LogP contribution >= 0.6 is 23.2 Å². The number of carbonyl (C=O) groups excluding carboxylic acids is 2. The van der Waals surface area contributed by atoms with Crippen LogP contribution in [0.2, 0.25) is 10.3 Å². The van der Waals surface area contributed by atoms with Gasteiger partial charge < -0.3 is 10.2 Å². The van der Waals surface area contributed by atoms with Crippen LogP contribution in [0.15, 0.2) is 24.5 Å². The zero-order valence-corrected chi connectivity index (χ0v) is 15.4. The number of halogens is 2. The van der Waals surface area contributed by atoms with Crippen molar-refractivity contribution in [3.8, 4) is 0 Å². The molecule has 2 aromatic rings. The van der Waals surface area contributed by atoms with E-state index >= 15 is 0 Å². The molecule has 0 bridgehead atoms. The molecular formula is C17H16Cl2N4O2. The van der Waals surface area contributed by atoms with E-state index in [1.54, 1.807) is 36.5 Å². The van der Waals surface area contributed by atoms with Gasteiger partial charge in [0.15, 0.2) is 0 Å². The Bertz CT molecular complexity index is 883. The minimum Gasteiger partial charge on any atom is -0.325 e. The summed E-state index contributed by atoms with van der Waals surface area (Å²) < 4.78 is 0. The third-order valence-electron chi connectivity index (χ3n) is 4.30. The summed E-state index contributed by atoms with van der Waals surface area (Å²) in [4.78, 5) is 32.2. The maximum atomic E-state index is 11.9. The van der Waals surface area contributed by atoms with Gasteiger partial charge in [0.25, 0.3) is 0 Å². The Balaban J connectivity index is 0.000000150. The first kappa shape index (κ1) is 17.6. The molecule has 0 aromatic carbocycles. The number of likely N-dealkylation sites (N-methyl/N-ethyl adjacent to an activating group) is 1. The summed E-state index contributed by atoms with van der Waals surface area (Å²) in [7, 11) is 1.76. The second-order valence-electron chi connectivity index (χ2n) is 6.40. The molecule has 0 saturated heterocycles. The van der Waals surface area contributed by atoms with Crippen molar-refractivity contribution in [3.63, 3.8) is 0 Å². The van der Waals surface area contributed by atoms with Gasteiger partial charge in [0, 0.05) is 36.3 Å². The lowest BCUT2D eigenvalue weighted by atomic mass is 9.87. The highest BCUT2D eigenvalue weighted by Crippen LogP contribution is 2.40. The van der Waals surface area contributed by atoms with E-state index in [1.165, 1.54) is 0 Å². The summed E-state index contributed by atoms with van der Waals surface area (Å²) in [5, 5.41) is 3.50. The van der Waals surface area contributed by atoms with Gasteiger partial charge in [-0.1, -0.05) is 23.2 Å². The van der Waals surface area contributed by atoms with Crippen molar-refractivity contribution in [2.45, 2.75) is 25.7 Å². The molecule has 0 radical (unpaired) electrons. The summed E-state index contributed by atoms with van der Waals surface area (Å²) in [5.41, 5.74) is 3.02. The van der Waals surface area contributed by atoms with E-state index < -0.39 is 5.41 Å². The van der Waals surface area contributed by atoms with Gasteiger partial charge in [0.2, 0.25) is 11.8 Å². The first-order chi connectivity index (χ1) is 11.7. The summed E-state index contributed by atoms with van der Waals surface area (Å²) >= 11 is 11.4. The first-order valence-corrected chi connectivity index (χ1v) is 8.34. The third kappa shape index (κ3) is 3.19. The largest absolute Gasteiger partial charge is 0.325 e. The second-order valence-corrected chi connectivity index (χ2v) is 7.18. The van der Waals surface area contributed by atoms with Crippen molar-refractivity contribution in [3.05, 3.63) is 46.0 Å². The Hall–Kier alpha value is -2.18. The number of nitrogens with one attached hydrogen (secondary N) is 1. The molecule has 8 heteroatoms. The molecule has 2 amide bonds. The van der Waals surface area contributed by atoms with Crippen molar-refractivity contribution in [2.75, 3.05) is 17.3 Å². The number of fused-ring (bicyclic) bond motifs is 2. The molecule has 0 atom stereocenters. The van der Waals surface area contributed by atoms with Crippen LogP contribution in [0.25, 0.3) is 0 Å². The molecule has 4 heterocycles. The lowest BCUT2D eigenvalue weighted by molar-refractivity contribution is -0.121. The highest BCUT2D eigenvalue weighted by atomic mass is 35.5. The molecule has 130 valence electrons. The van der Waals surface area contributed by atoms with Crippen LogP contribution in [0.1, 0.15) is 25.0 Å². The van der Waals surface area contributed by atoms with Gasteiger partial charge >= 0.3 is 0 Å². The van der Waals surface area contributed by atoms with Gasteiger partial charge in [-0.05, 0) is 26.0 Å². The fourth-order valence-electron chi connectivity index (χ4n) is 2.91. The third-order valence-corrected chi connectivity index (χ3v) is 4.71. The lowest BCUT2D eigenvalue weighted by Gasteiger charge is -2.15. The van der Waals surface area contributed by atoms with E-state index in [0.717, 1.165) is 22.5 Å². The number of aromatic nitrogens is 2. The molecule has 0 unspecified atom stereocenters. The van der Waals surface area contributed by atoms with Crippen LogP contribution < -0.4 is 10.2 Å². The van der Waals surface area contributed by atoms with Gasteiger partial charge in [-0.2, -0.15) is 0 Å². The van der Waals surface area contributed by atoms with Crippen molar-refractivity contribution in [1.82, 2.24) is 9.97 Å². The number of pyridine rings is 2. The smallest absolute Gasteiger partial charge is 0.236 e. The molecule has 0 saturated carbocycles. The fraction of sp³-hybridized carbons (Fsp3) is 0.294. The Kier molecular flexibility index (Phi) is 4.43. The summed E-state index contributed by atoms with van der Waals surface area (Å²) in [6.45, 7) is 3.79. The van der Waals surface area contributed by atoms with E-state index in [1.807, 2.05) is 13.8 Å². The molecule has 0 fully saturated rings. The van der Waals surface area contributed by atoms with Crippen LogP contribution in [0.5, 0.6) is 0 Å². The number of hydrogen-bond acceptors (Lipinski definition) is 4. The number of amides is 2. The van der Waals surface area contributed by atoms with E-state index in [-0.39, 0.29) is 11.8 Å². The van der Waals surface area contributed by atoms with Gasteiger partial charge in [0.1, 0.15) is 10.3 Å². The quantitative estimate of drug-likeness (QED) is 0.714. The molecule has 25 heavy (non-hydrogen) atoms. The fourth-order valence-corrected chi connectivity index (χ4v) is 3.22. The second kappa shape index (κ2) is 6.28. The van der Waals surface area contributed by atoms with Crippen LogP contribution in [-0.2, 0) is 21.4 Å². The average molecular weight is 379 g/mol. The molecule has 1 N–H and O–H groups in total. The average Bonchev–Trinajstić information content (AvgIpc) is 2.99. The van der Waals surface area contributed by atoms with E-state index in [4.69, 9.17) is 23.2 Å². The van der Waals surface area contributed by atoms with Crippen molar-refractivity contribution >= 4 is 46.4 Å². The molecule has 2 aromatic heterocycles. The first-order valence-electron chi connectivity index (χ1n) is 7.58. The van der Waals surface area contributed by atoms with Crippen molar-refractivity contribution in [1.29, 1.82) is 0 Å². The Morgan fingerprint density at radius 2 is 1.76 bits per heavy atom. The Morgan fingerprint density at radius 3 is 2.48 bits per heavy atom. The highest BCUT2D eigenvalue weighted by Gasteiger charge is 2.42. The lowest BCUT2D eigenvalue weighted by Crippen LogP contribution is -2.33. The van der Waals surface area contributed by atoms with Crippen LogP contribution in [0.3, 0.4) is 0 Å². The molecule has 0 aliphatic carbocycles. The maximum absolute atomic E-state index is 11.9. The molecule has 4 rings (SSSR count). The zero-order valence-electron chi connectivity index (χ0n) is 13.9. The maximum Gasteiger partial charge on any atom is 0.236 e. The minimum absolute atomic E-state index is 0.00377. The minimum atomic E-state index is -0.484. The standard InChI is InChI=1S/C10H11ClN2O.C7H5ClN2O/c1-10(2)6-5-12-8(11)4-7(6)13(3)9(10)14;8-6-2-5-4(3-9-6)1-7(11)10-5/h4-5H,1-3H3;2-3H,1H2,(H,10,11). The van der Waals surface area contributed by atoms with Crippen LogP contribution in [0.4, 0.5) is 11.4 Å². The Morgan fingerprint density at radius 1 is 1.12 bits per heavy atom. The van der Waals surface area contributed by atoms with Crippen LogP contribution in [-0.4, -0.2) is 28.8 Å². The molecular weight excluding hydrogens is 363 g/mol. The number of nitrogens with zero attached hydrogens (tertiary/aromatic N) is 3. The molecule has 2 aliphatic rings. The number of carbonyl (C=O) groups is 2. The zero-order chi connectivity index (χ0) is 18.4. The summed E-state index contributed by atoms with van der Waals surface area (Å²) in [6.07, 6.45) is 3.72. The molecule has 2 aliphatic heterocycles. The number of hydrogen-bond donors (Lipinski definition) is 1. The van der Waals surface area contributed by atoms with Gasteiger partial charge in [-0.3, -0.25) is 9.59 Å². The molecule has 0 spiro atoms. The summed E-state index contributed by atoms with van der Waals surface area (Å²) in [6, 6.07) is 3.38. The van der Waals surface area contributed by atoms with E-state index in [0.29, 0.717) is 16.7 Å². The van der Waals surface area contributed by atoms with Crippen molar-refractivity contribution in [2.24, 2.45) is 0 Å². The van der Waals surface area contributed by atoms with Gasteiger partial charge in [-0.15, -0.1) is 0 Å². The van der Waals surface area contributed by atoms with E-state index in [9.17, 15) is 9.59 Å². The van der Waals surface area contributed by atoms with Crippen molar-refractivity contribution < 1.29 is 9.59 Å². The predicted octanol–water partition coefficient (Wildman–Crippen LogP) is 3.22. The predicted molar refractivity (Wildman–Crippen MR) is 97.3 cm³/mol. The monoisotopic (exact) mass is 378 g/mol. The van der Waals surface area contributed by atoms with Gasteiger partial charge in [-0.25, -0.2) is 9.97 Å². The van der Waals surface area contributed by atoms with Crippen LogP contribution in [0, 0.1) is 0 Å². The number of anilines is 2. The highest BCUT2D eigenvalue weighted by molar-refractivity contribution is 6.30. The molecule has 6 nitrogen and oxygen atoms in total. The topological polar surface area (TPSA) is 75.2 Å². The summed E-state index contributed by atoms with van der Waals surface area (Å²) in [5.74, 6) is 0.0839. The van der Waals surface area contributed by atoms with E-state index in [2.05, 4.69) is 15.3 Å².